The Balaban J connectivity index is 1.49. The van der Waals surface area contributed by atoms with Crippen LogP contribution in [0.1, 0.15) is 0 Å². The van der Waals surface area contributed by atoms with E-state index in [4.69, 9.17) is 9.97 Å². The van der Waals surface area contributed by atoms with Crippen LogP contribution in [0.5, 0.6) is 0 Å². The van der Waals surface area contributed by atoms with Gasteiger partial charge in [-0.2, -0.15) is 0 Å². The van der Waals surface area contributed by atoms with Crippen LogP contribution >= 0.6 is 0 Å². The fraction of sp³-hybridized carbons (Fsp3) is 0. The highest BCUT2D eigenvalue weighted by atomic mass is 14.9. The molecule has 38 heavy (non-hydrogen) atoms. The Hall–Kier alpha value is -5.15. The van der Waals surface area contributed by atoms with Crippen LogP contribution in [0.2, 0.25) is 0 Å². The molecule has 0 radical (unpaired) electrons. The van der Waals surface area contributed by atoms with E-state index >= 15 is 0 Å². The molecule has 0 N–H and O–H groups in total. The van der Waals surface area contributed by atoms with E-state index in [-0.39, 0.29) is 0 Å². The molecule has 0 aliphatic carbocycles. The molecule has 0 fully saturated rings. The van der Waals surface area contributed by atoms with Gasteiger partial charge in [0.05, 0.1) is 16.7 Å². The molecule has 7 aromatic rings. The first-order valence-electron chi connectivity index (χ1n) is 12.7. The van der Waals surface area contributed by atoms with Crippen LogP contribution in [0.3, 0.4) is 0 Å². The Morgan fingerprint density at radius 2 is 1.16 bits per heavy atom. The molecular weight excluding hydrogens is 462 g/mol. The summed E-state index contributed by atoms with van der Waals surface area (Å²) in [5.41, 5.74) is 9.43. The zero-order chi connectivity index (χ0) is 25.3. The number of nitrogens with zero attached hydrogens (tertiary/aromatic N) is 3. The summed E-state index contributed by atoms with van der Waals surface area (Å²) in [7, 11) is 0. The Bertz CT molecular complexity index is 1910. The number of fused-ring (bicyclic) bond motifs is 2. The lowest BCUT2D eigenvalue weighted by atomic mass is 9.91. The molecule has 2 heterocycles. The summed E-state index contributed by atoms with van der Waals surface area (Å²) >= 11 is 0. The third-order valence-corrected chi connectivity index (χ3v) is 6.94. The van der Waals surface area contributed by atoms with Gasteiger partial charge in [-0.15, -0.1) is 0 Å². The minimum atomic E-state index is 0.677. The molecule has 0 amide bonds. The molecule has 7 rings (SSSR count). The Morgan fingerprint density at radius 3 is 1.97 bits per heavy atom. The van der Waals surface area contributed by atoms with Gasteiger partial charge in [-0.25, -0.2) is 9.97 Å². The summed E-state index contributed by atoms with van der Waals surface area (Å²) in [6.07, 6.45) is 1.82. The van der Waals surface area contributed by atoms with Crippen molar-refractivity contribution in [3.63, 3.8) is 0 Å². The maximum absolute atomic E-state index is 5.18. The number of aromatic nitrogens is 3. The van der Waals surface area contributed by atoms with Crippen molar-refractivity contribution in [1.29, 1.82) is 0 Å². The Kier molecular flexibility index (Phi) is 5.45. The number of pyridine rings is 1. The highest BCUT2D eigenvalue weighted by Crippen LogP contribution is 2.38. The second-order valence-corrected chi connectivity index (χ2v) is 9.29. The van der Waals surface area contributed by atoms with Crippen LogP contribution in [0, 0.1) is 0 Å². The van der Waals surface area contributed by atoms with Gasteiger partial charge in [-0.05, 0) is 46.5 Å². The topological polar surface area (TPSA) is 38.7 Å². The van der Waals surface area contributed by atoms with E-state index < -0.39 is 0 Å². The molecule has 3 heteroatoms. The predicted octanol–water partition coefficient (Wildman–Crippen LogP) is 8.85. The maximum atomic E-state index is 5.18. The second-order valence-electron chi connectivity index (χ2n) is 9.29. The fourth-order valence-electron chi connectivity index (χ4n) is 5.12. The number of benzene rings is 5. The zero-order valence-electron chi connectivity index (χ0n) is 20.6. The maximum Gasteiger partial charge on any atom is 0.162 e. The monoisotopic (exact) mass is 485 g/mol. The lowest BCUT2D eigenvalue weighted by molar-refractivity contribution is 1.23. The molecule has 0 atom stereocenters. The normalized spacial score (nSPS) is 11.2. The van der Waals surface area contributed by atoms with Gasteiger partial charge in [0.1, 0.15) is 0 Å². The van der Waals surface area contributed by atoms with Gasteiger partial charge in [0.15, 0.2) is 5.82 Å². The van der Waals surface area contributed by atoms with E-state index in [1.807, 2.05) is 30.5 Å². The van der Waals surface area contributed by atoms with Crippen LogP contribution in [0.4, 0.5) is 0 Å². The van der Waals surface area contributed by atoms with Crippen molar-refractivity contribution in [2.24, 2.45) is 0 Å². The fourth-order valence-corrected chi connectivity index (χ4v) is 5.12. The average Bonchev–Trinajstić information content (AvgIpc) is 3.01. The summed E-state index contributed by atoms with van der Waals surface area (Å²) in [6, 6.07) is 46.2. The van der Waals surface area contributed by atoms with Crippen LogP contribution in [-0.4, -0.2) is 15.0 Å². The van der Waals surface area contributed by atoms with E-state index in [1.54, 1.807) is 0 Å². The second kappa shape index (κ2) is 9.38. The highest BCUT2D eigenvalue weighted by Gasteiger charge is 2.16. The van der Waals surface area contributed by atoms with Gasteiger partial charge in [0.2, 0.25) is 0 Å². The van der Waals surface area contributed by atoms with Crippen LogP contribution < -0.4 is 0 Å². The zero-order valence-corrected chi connectivity index (χ0v) is 20.6. The van der Waals surface area contributed by atoms with Gasteiger partial charge in [0, 0.05) is 28.1 Å². The summed E-state index contributed by atoms with van der Waals surface area (Å²) in [4.78, 5) is 14.8. The molecule has 0 bridgehead atoms. The standard InChI is InChI=1S/C35H23N3/c1-3-11-24(12-4-1)28-21-20-27(23-31(28)25-13-5-2-6-14-25)34-29-17-7-8-19-32(29)37-35(38-34)30-18-9-15-26-16-10-22-36-33(26)30/h1-23H. The highest BCUT2D eigenvalue weighted by molar-refractivity contribution is 5.98. The molecule has 2 aromatic heterocycles. The van der Waals surface area contributed by atoms with Gasteiger partial charge >= 0.3 is 0 Å². The van der Waals surface area contributed by atoms with Crippen LogP contribution in [0.15, 0.2) is 140 Å². The SMILES string of the molecule is c1ccc(-c2ccc(-c3nc(-c4cccc5cccnc45)nc4ccccc34)cc2-c2ccccc2)cc1. The van der Waals surface area contributed by atoms with Crippen molar-refractivity contribution in [3.05, 3.63) is 140 Å². The van der Waals surface area contributed by atoms with E-state index in [0.717, 1.165) is 38.6 Å². The lowest BCUT2D eigenvalue weighted by Gasteiger charge is -2.15. The molecule has 3 nitrogen and oxygen atoms in total. The summed E-state index contributed by atoms with van der Waals surface area (Å²) in [6.45, 7) is 0. The van der Waals surface area contributed by atoms with Crippen molar-refractivity contribution in [2.75, 3.05) is 0 Å². The summed E-state index contributed by atoms with van der Waals surface area (Å²) in [5, 5.41) is 2.10. The molecule has 0 spiro atoms. The van der Waals surface area contributed by atoms with Crippen LogP contribution in [0.25, 0.3) is 66.7 Å². The minimum Gasteiger partial charge on any atom is -0.255 e. The van der Waals surface area contributed by atoms with Gasteiger partial charge in [-0.1, -0.05) is 109 Å². The van der Waals surface area contributed by atoms with E-state index in [9.17, 15) is 0 Å². The van der Waals surface area contributed by atoms with Gasteiger partial charge in [0.25, 0.3) is 0 Å². The molecule has 5 aromatic carbocycles. The first-order valence-corrected chi connectivity index (χ1v) is 12.7. The number of hydrogen-bond acceptors (Lipinski definition) is 3. The first-order chi connectivity index (χ1) is 18.8. The van der Waals surface area contributed by atoms with Crippen molar-refractivity contribution < 1.29 is 0 Å². The molecule has 0 saturated carbocycles. The van der Waals surface area contributed by atoms with E-state index in [2.05, 4.69) is 114 Å². The quantitative estimate of drug-likeness (QED) is 0.250. The van der Waals surface area contributed by atoms with Crippen molar-refractivity contribution in [3.8, 4) is 44.9 Å². The molecule has 0 aliphatic rings. The Morgan fingerprint density at radius 1 is 0.447 bits per heavy atom. The summed E-state index contributed by atoms with van der Waals surface area (Å²) in [5.74, 6) is 0.677. The van der Waals surface area contributed by atoms with Crippen LogP contribution in [-0.2, 0) is 0 Å². The predicted molar refractivity (Wildman–Crippen MR) is 157 cm³/mol. The largest absolute Gasteiger partial charge is 0.255 e. The van der Waals surface area contributed by atoms with Gasteiger partial charge in [-0.3, -0.25) is 4.98 Å². The average molecular weight is 486 g/mol. The molecule has 0 aliphatic heterocycles. The smallest absolute Gasteiger partial charge is 0.162 e. The summed E-state index contributed by atoms with van der Waals surface area (Å²) < 4.78 is 0. The van der Waals surface area contributed by atoms with Crippen molar-refractivity contribution in [2.45, 2.75) is 0 Å². The third kappa shape index (κ3) is 3.91. The number of hydrogen-bond donors (Lipinski definition) is 0. The molecule has 0 unspecified atom stereocenters. The number of rotatable bonds is 4. The Labute approximate surface area is 221 Å². The molecular formula is C35H23N3. The molecule has 178 valence electrons. The molecule has 0 saturated heterocycles. The lowest BCUT2D eigenvalue weighted by Crippen LogP contribution is -1.97. The first kappa shape index (κ1) is 22.1. The minimum absolute atomic E-state index is 0.677. The van der Waals surface area contributed by atoms with E-state index in [0.29, 0.717) is 5.82 Å². The van der Waals surface area contributed by atoms with Crippen molar-refractivity contribution >= 4 is 21.8 Å². The van der Waals surface area contributed by atoms with E-state index in [1.165, 1.54) is 22.3 Å². The van der Waals surface area contributed by atoms with Gasteiger partial charge < -0.3 is 0 Å². The van der Waals surface area contributed by atoms with Crippen molar-refractivity contribution in [1.82, 2.24) is 15.0 Å². The number of para-hydroxylation sites is 2. The third-order valence-electron chi connectivity index (χ3n) is 6.94.